The summed E-state index contributed by atoms with van der Waals surface area (Å²) in [5.74, 6) is 7.50. The normalized spacial score (nSPS) is 12.7. The summed E-state index contributed by atoms with van der Waals surface area (Å²) < 4.78 is 7.33. The van der Waals surface area contributed by atoms with E-state index in [9.17, 15) is 0 Å². The van der Waals surface area contributed by atoms with Crippen LogP contribution in [-0.4, -0.2) is 28.9 Å². The van der Waals surface area contributed by atoms with E-state index in [1.165, 1.54) is 0 Å². The molecule has 5 nitrogen and oxygen atoms in total. The standard InChI is InChI=1S/C11H22N4OS/c1-4-6-15-11(10(16-2)8-13-15)9(14-12)5-7-17-3/h8-9,14H,4-7,12H2,1-3H3. The molecule has 0 saturated heterocycles. The van der Waals surface area contributed by atoms with E-state index < -0.39 is 0 Å². The van der Waals surface area contributed by atoms with Crippen molar-refractivity contribution in [2.24, 2.45) is 5.84 Å². The lowest BCUT2D eigenvalue weighted by Gasteiger charge is -2.18. The second-order valence-electron chi connectivity index (χ2n) is 3.82. The van der Waals surface area contributed by atoms with Crippen LogP contribution in [0.5, 0.6) is 5.75 Å². The minimum atomic E-state index is 0.0893. The zero-order valence-corrected chi connectivity index (χ0v) is 11.6. The van der Waals surface area contributed by atoms with Crippen molar-refractivity contribution in [3.05, 3.63) is 11.9 Å². The predicted octanol–water partition coefficient (Wildman–Crippen LogP) is 1.56. The summed E-state index contributed by atoms with van der Waals surface area (Å²) in [5.41, 5.74) is 3.91. The van der Waals surface area contributed by atoms with Gasteiger partial charge in [0.1, 0.15) is 0 Å². The summed E-state index contributed by atoms with van der Waals surface area (Å²) in [7, 11) is 1.67. The molecule has 1 aromatic rings. The van der Waals surface area contributed by atoms with Crippen LogP contribution < -0.4 is 16.0 Å². The average molecular weight is 258 g/mol. The van der Waals surface area contributed by atoms with Gasteiger partial charge in [-0.15, -0.1) is 0 Å². The van der Waals surface area contributed by atoms with Crippen molar-refractivity contribution in [3.63, 3.8) is 0 Å². The molecule has 1 rings (SSSR count). The van der Waals surface area contributed by atoms with Crippen molar-refractivity contribution in [1.82, 2.24) is 15.2 Å². The Morgan fingerprint density at radius 1 is 1.65 bits per heavy atom. The van der Waals surface area contributed by atoms with Crippen molar-refractivity contribution < 1.29 is 4.74 Å². The van der Waals surface area contributed by atoms with E-state index in [4.69, 9.17) is 10.6 Å². The van der Waals surface area contributed by atoms with Crippen molar-refractivity contribution in [1.29, 1.82) is 0 Å². The van der Waals surface area contributed by atoms with Gasteiger partial charge in [-0.25, -0.2) is 0 Å². The number of methoxy groups -OCH3 is 1. The summed E-state index contributed by atoms with van der Waals surface area (Å²) >= 11 is 1.81. The topological polar surface area (TPSA) is 65.1 Å². The third kappa shape index (κ3) is 3.62. The van der Waals surface area contributed by atoms with Crippen LogP contribution in [0.3, 0.4) is 0 Å². The molecule has 3 N–H and O–H groups in total. The highest BCUT2D eigenvalue weighted by molar-refractivity contribution is 7.98. The van der Waals surface area contributed by atoms with E-state index >= 15 is 0 Å². The van der Waals surface area contributed by atoms with Crippen LogP contribution in [0.4, 0.5) is 0 Å². The number of hydrogen-bond donors (Lipinski definition) is 2. The number of nitrogens with two attached hydrogens (primary N) is 1. The summed E-state index contributed by atoms with van der Waals surface area (Å²) in [6, 6.07) is 0.0893. The van der Waals surface area contributed by atoms with Gasteiger partial charge in [0.05, 0.1) is 25.0 Å². The summed E-state index contributed by atoms with van der Waals surface area (Å²) in [6.07, 6.45) is 5.85. The van der Waals surface area contributed by atoms with E-state index in [1.807, 2.05) is 16.4 Å². The molecule has 0 aliphatic heterocycles. The lowest BCUT2D eigenvalue weighted by Crippen LogP contribution is -2.30. The maximum absolute atomic E-state index is 5.64. The molecule has 0 aliphatic carbocycles. The lowest BCUT2D eigenvalue weighted by atomic mass is 10.1. The number of aryl methyl sites for hydroxylation is 1. The van der Waals surface area contributed by atoms with Crippen LogP contribution in [0, 0.1) is 0 Å². The fourth-order valence-corrected chi connectivity index (χ4v) is 2.28. The van der Waals surface area contributed by atoms with Gasteiger partial charge < -0.3 is 4.74 Å². The van der Waals surface area contributed by atoms with E-state index in [0.717, 1.165) is 36.6 Å². The molecule has 0 spiro atoms. The Kier molecular flexibility index (Phi) is 6.39. The Morgan fingerprint density at radius 3 is 2.94 bits per heavy atom. The Morgan fingerprint density at radius 2 is 2.41 bits per heavy atom. The van der Waals surface area contributed by atoms with Gasteiger partial charge in [0.15, 0.2) is 5.75 Å². The molecule has 1 unspecified atom stereocenters. The Bertz CT molecular complexity index is 329. The molecule has 6 heteroatoms. The third-order valence-electron chi connectivity index (χ3n) is 2.64. The van der Waals surface area contributed by atoms with Crippen LogP contribution in [0.15, 0.2) is 6.20 Å². The molecule has 17 heavy (non-hydrogen) atoms. The smallest absolute Gasteiger partial charge is 0.161 e. The zero-order valence-electron chi connectivity index (χ0n) is 10.8. The maximum atomic E-state index is 5.64. The highest BCUT2D eigenvalue weighted by Gasteiger charge is 2.20. The Hall–Kier alpha value is -0.720. The second kappa shape index (κ2) is 7.58. The van der Waals surface area contributed by atoms with Crippen molar-refractivity contribution in [3.8, 4) is 5.75 Å². The molecule has 1 heterocycles. The molecule has 0 saturated carbocycles. The van der Waals surface area contributed by atoms with Gasteiger partial charge in [-0.2, -0.15) is 16.9 Å². The van der Waals surface area contributed by atoms with E-state index in [0.29, 0.717) is 0 Å². The quantitative estimate of drug-likeness (QED) is 0.547. The van der Waals surface area contributed by atoms with Crippen LogP contribution in [0.1, 0.15) is 31.5 Å². The molecule has 0 aliphatic rings. The molecule has 0 aromatic carbocycles. The molecule has 1 aromatic heterocycles. The number of ether oxygens (including phenoxy) is 1. The van der Waals surface area contributed by atoms with Gasteiger partial charge in [0.25, 0.3) is 0 Å². The molecular formula is C11H22N4OS. The number of nitrogens with one attached hydrogen (secondary N) is 1. The fraction of sp³-hybridized carbons (Fsp3) is 0.727. The minimum Gasteiger partial charge on any atom is -0.493 e. The molecule has 0 radical (unpaired) electrons. The van der Waals surface area contributed by atoms with Crippen LogP contribution in [0.2, 0.25) is 0 Å². The number of hydrazine groups is 1. The summed E-state index contributed by atoms with van der Waals surface area (Å²) in [4.78, 5) is 0. The Balaban J connectivity index is 2.92. The number of thioether (sulfide) groups is 1. The van der Waals surface area contributed by atoms with Gasteiger partial charge >= 0.3 is 0 Å². The van der Waals surface area contributed by atoms with Gasteiger partial charge in [0, 0.05) is 6.54 Å². The van der Waals surface area contributed by atoms with Crippen LogP contribution in [-0.2, 0) is 6.54 Å². The number of aromatic nitrogens is 2. The van der Waals surface area contributed by atoms with E-state index in [2.05, 4.69) is 23.7 Å². The molecule has 0 bridgehead atoms. The molecule has 1 atom stereocenters. The van der Waals surface area contributed by atoms with Crippen molar-refractivity contribution >= 4 is 11.8 Å². The van der Waals surface area contributed by atoms with Crippen molar-refractivity contribution in [2.45, 2.75) is 32.4 Å². The van der Waals surface area contributed by atoms with E-state index in [1.54, 1.807) is 13.3 Å². The molecule has 0 fully saturated rings. The van der Waals surface area contributed by atoms with E-state index in [-0.39, 0.29) is 6.04 Å². The number of rotatable bonds is 8. The Labute approximate surface area is 107 Å². The van der Waals surface area contributed by atoms with Crippen LogP contribution in [0.25, 0.3) is 0 Å². The summed E-state index contributed by atoms with van der Waals surface area (Å²) in [6.45, 7) is 3.01. The third-order valence-corrected chi connectivity index (χ3v) is 3.29. The van der Waals surface area contributed by atoms with Gasteiger partial charge in [-0.3, -0.25) is 16.0 Å². The second-order valence-corrected chi connectivity index (χ2v) is 4.81. The monoisotopic (exact) mass is 258 g/mol. The van der Waals surface area contributed by atoms with Crippen LogP contribution >= 0.6 is 11.8 Å². The highest BCUT2D eigenvalue weighted by atomic mass is 32.2. The first-order valence-electron chi connectivity index (χ1n) is 5.83. The SMILES string of the molecule is CCCn1ncc(OC)c1C(CCSC)NN. The van der Waals surface area contributed by atoms with Gasteiger partial charge in [-0.05, 0) is 24.9 Å². The first-order valence-corrected chi connectivity index (χ1v) is 7.22. The number of nitrogens with zero attached hydrogens (tertiary/aromatic N) is 2. The fourth-order valence-electron chi connectivity index (χ4n) is 1.81. The predicted molar refractivity (Wildman–Crippen MR) is 72.1 cm³/mol. The minimum absolute atomic E-state index is 0.0893. The molecular weight excluding hydrogens is 236 g/mol. The first-order chi connectivity index (χ1) is 8.28. The van der Waals surface area contributed by atoms with Gasteiger partial charge in [0.2, 0.25) is 0 Å². The van der Waals surface area contributed by atoms with Crippen molar-refractivity contribution in [2.75, 3.05) is 19.1 Å². The highest BCUT2D eigenvalue weighted by Crippen LogP contribution is 2.27. The maximum Gasteiger partial charge on any atom is 0.161 e. The first kappa shape index (κ1) is 14.3. The largest absolute Gasteiger partial charge is 0.493 e. The zero-order chi connectivity index (χ0) is 12.7. The van der Waals surface area contributed by atoms with Gasteiger partial charge in [-0.1, -0.05) is 6.92 Å². The summed E-state index contributed by atoms with van der Waals surface area (Å²) in [5, 5.41) is 4.34. The molecule has 0 amide bonds. The number of hydrogen-bond acceptors (Lipinski definition) is 5. The molecule has 98 valence electrons. The lowest BCUT2D eigenvalue weighted by molar-refractivity contribution is 0.388. The average Bonchev–Trinajstić information content (AvgIpc) is 2.74.